The lowest BCUT2D eigenvalue weighted by molar-refractivity contribution is -0.126. The Labute approximate surface area is 172 Å². The van der Waals surface area contributed by atoms with Crippen LogP contribution in [0.15, 0.2) is 40.6 Å². The van der Waals surface area contributed by atoms with Crippen molar-refractivity contribution in [3.05, 3.63) is 45.9 Å². The molecule has 0 heterocycles. The van der Waals surface area contributed by atoms with Gasteiger partial charge >= 0.3 is 0 Å². The summed E-state index contributed by atoms with van der Waals surface area (Å²) in [6.45, 7) is 3.08. The predicted molar refractivity (Wildman–Crippen MR) is 108 cm³/mol. The van der Waals surface area contributed by atoms with Gasteiger partial charge in [-0.05, 0) is 31.5 Å². The second kappa shape index (κ2) is 9.52. The molecular formula is C19H19Cl2N3O4. The number of ether oxygens (including phenoxy) is 2. The van der Waals surface area contributed by atoms with Crippen molar-refractivity contribution in [2.45, 2.75) is 19.9 Å². The van der Waals surface area contributed by atoms with Crippen molar-refractivity contribution in [1.29, 1.82) is 0 Å². The van der Waals surface area contributed by atoms with Crippen LogP contribution in [-0.4, -0.2) is 32.0 Å². The van der Waals surface area contributed by atoms with Crippen LogP contribution >= 0.6 is 23.2 Å². The van der Waals surface area contributed by atoms with Gasteiger partial charge in [-0.15, -0.1) is 0 Å². The smallest absolute Gasteiger partial charge is 0.258 e. The molecule has 2 aromatic carbocycles. The number of carbonyl (C=O) groups excluding carboxylic acids is 2. The average Bonchev–Trinajstić information content (AvgIpc) is 2.65. The Morgan fingerprint density at radius 2 is 1.75 bits per heavy atom. The lowest BCUT2D eigenvalue weighted by Gasteiger charge is -2.14. The second-order valence-corrected chi connectivity index (χ2v) is 6.68. The summed E-state index contributed by atoms with van der Waals surface area (Å²) in [4.78, 5) is 24.6. The molecule has 1 atom stereocenters. The molecule has 0 fully saturated rings. The molecule has 148 valence electrons. The highest BCUT2D eigenvalue weighted by atomic mass is 35.5. The molecule has 7 nitrogen and oxygen atoms in total. The van der Waals surface area contributed by atoms with E-state index < -0.39 is 17.7 Å². The van der Waals surface area contributed by atoms with E-state index in [1.165, 1.54) is 33.3 Å². The molecule has 9 heteroatoms. The van der Waals surface area contributed by atoms with Gasteiger partial charge in [0.2, 0.25) is 6.04 Å². The molecule has 0 bridgehead atoms. The Hall–Kier alpha value is -2.64. The van der Waals surface area contributed by atoms with Crippen molar-refractivity contribution in [2.75, 3.05) is 19.5 Å². The van der Waals surface area contributed by atoms with E-state index in [4.69, 9.17) is 32.7 Å². The third-order valence-electron chi connectivity index (χ3n) is 3.82. The van der Waals surface area contributed by atoms with Gasteiger partial charge in [0.1, 0.15) is 11.5 Å². The molecule has 1 unspecified atom stereocenters. The van der Waals surface area contributed by atoms with Crippen molar-refractivity contribution in [3.63, 3.8) is 0 Å². The Morgan fingerprint density at radius 3 is 2.36 bits per heavy atom. The number of nitrogens with one attached hydrogen (secondary N) is 1. The fraction of sp³-hybridized carbons (Fsp3) is 0.263. The van der Waals surface area contributed by atoms with Gasteiger partial charge in [-0.3, -0.25) is 9.59 Å². The number of azo groups is 1. The first kappa shape index (κ1) is 21.7. The summed E-state index contributed by atoms with van der Waals surface area (Å²) in [6.07, 6.45) is 0. The monoisotopic (exact) mass is 423 g/mol. The quantitative estimate of drug-likeness (QED) is 0.501. The van der Waals surface area contributed by atoms with E-state index in [2.05, 4.69) is 15.5 Å². The number of anilines is 1. The zero-order valence-electron chi connectivity index (χ0n) is 15.7. The van der Waals surface area contributed by atoms with Crippen molar-refractivity contribution in [2.24, 2.45) is 10.2 Å². The van der Waals surface area contributed by atoms with Crippen molar-refractivity contribution in [1.82, 2.24) is 0 Å². The molecule has 0 aliphatic carbocycles. The maximum absolute atomic E-state index is 12.6. The second-order valence-electron chi connectivity index (χ2n) is 5.84. The van der Waals surface area contributed by atoms with Crippen LogP contribution in [-0.2, 0) is 9.59 Å². The van der Waals surface area contributed by atoms with E-state index in [-0.39, 0.29) is 5.69 Å². The molecule has 0 spiro atoms. The van der Waals surface area contributed by atoms with E-state index in [1.807, 2.05) is 6.92 Å². The summed E-state index contributed by atoms with van der Waals surface area (Å²) >= 11 is 12.0. The molecule has 1 amide bonds. The summed E-state index contributed by atoms with van der Waals surface area (Å²) in [5, 5.41) is 11.3. The number of amides is 1. The van der Waals surface area contributed by atoms with Gasteiger partial charge in [0.25, 0.3) is 5.91 Å². The zero-order chi connectivity index (χ0) is 20.8. The van der Waals surface area contributed by atoms with E-state index >= 15 is 0 Å². The largest absolute Gasteiger partial charge is 0.495 e. The van der Waals surface area contributed by atoms with Crippen LogP contribution < -0.4 is 14.8 Å². The lowest BCUT2D eigenvalue weighted by atomic mass is 10.2. The number of nitrogens with zero attached hydrogens (tertiary/aromatic N) is 2. The molecule has 0 saturated carbocycles. The van der Waals surface area contributed by atoms with Gasteiger partial charge in [-0.25, -0.2) is 0 Å². The first-order valence-corrected chi connectivity index (χ1v) is 8.92. The summed E-state index contributed by atoms with van der Waals surface area (Å²) in [5.41, 5.74) is 1.56. The van der Waals surface area contributed by atoms with Crippen LogP contribution in [0.3, 0.4) is 0 Å². The Morgan fingerprint density at radius 1 is 1.07 bits per heavy atom. The van der Waals surface area contributed by atoms with Crippen molar-refractivity contribution < 1.29 is 19.1 Å². The van der Waals surface area contributed by atoms with Gasteiger partial charge in [-0.2, -0.15) is 10.2 Å². The van der Waals surface area contributed by atoms with Crippen LogP contribution in [0, 0.1) is 6.92 Å². The van der Waals surface area contributed by atoms with E-state index in [9.17, 15) is 9.59 Å². The average molecular weight is 424 g/mol. The number of hydrogen-bond donors (Lipinski definition) is 1. The number of benzene rings is 2. The zero-order valence-corrected chi connectivity index (χ0v) is 17.3. The number of Topliss-reactive ketones (excluding diaryl/α,β-unsaturated/α-hetero) is 1. The molecule has 28 heavy (non-hydrogen) atoms. The van der Waals surface area contributed by atoms with Gasteiger partial charge < -0.3 is 14.8 Å². The molecule has 2 rings (SSSR count). The normalized spacial score (nSPS) is 11.9. The Bertz CT molecular complexity index is 932. The van der Waals surface area contributed by atoms with Gasteiger partial charge in [0.15, 0.2) is 5.78 Å². The minimum absolute atomic E-state index is 0.286. The van der Waals surface area contributed by atoms with Gasteiger partial charge in [0, 0.05) is 17.2 Å². The molecule has 0 aromatic heterocycles. The SMILES string of the molecule is COc1cc(NC(=O)C(N=Nc2cc(Cl)ccc2C)C(C)=O)c(OC)cc1Cl. The molecule has 0 aliphatic rings. The summed E-state index contributed by atoms with van der Waals surface area (Å²) < 4.78 is 10.4. The Balaban J connectivity index is 2.30. The van der Waals surface area contributed by atoms with Crippen LogP contribution in [0.25, 0.3) is 0 Å². The number of hydrogen-bond acceptors (Lipinski definition) is 6. The van der Waals surface area contributed by atoms with Gasteiger partial charge in [0.05, 0.1) is 30.6 Å². The highest BCUT2D eigenvalue weighted by Gasteiger charge is 2.25. The molecule has 2 aromatic rings. The highest BCUT2D eigenvalue weighted by molar-refractivity contribution is 6.32. The van der Waals surface area contributed by atoms with E-state index in [0.29, 0.717) is 27.2 Å². The van der Waals surface area contributed by atoms with Crippen LogP contribution in [0.1, 0.15) is 12.5 Å². The van der Waals surface area contributed by atoms with Crippen molar-refractivity contribution >= 4 is 46.3 Å². The minimum Gasteiger partial charge on any atom is -0.495 e. The molecule has 0 radical (unpaired) electrons. The minimum atomic E-state index is -1.34. The summed E-state index contributed by atoms with van der Waals surface area (Å²) in [5.74, 6) is -0.489. The molecule has 0 saturated heterocycles. The topological polar surface area (TPSA) is 89.4 Å². The number of aryl methyl sites for hydroxylation is 1. The summed E-state index contributed by atoms with van der Waals surface area (Å²) in [6, 6.07) is 6.73. The van der Waals surface area contributed by atoms with E-state index in [1.54, 1.807) is 18.2 Å². The maximum Gasteiger partial charge on any atom is 0.258 e. The number of rotatable bonds is 7. The number of halogens is 2. The van der Waals surface area contributed by atoms with E-state index in [0.717, 1.165) is 5.56 Å². The number of ketones is 1. The number of methoxy groups -OCH3 is 2. The fourth-order valence-electron chi connectivity index (χ4n) is 2.29. The molecular weight excluding hydrogens is 405 g/mol. The van der Waals surface area contributed by atoms with Crippen LogP contribution in [0.2, 0.25) is 10.0 Å². The Kier molecular flexibility index (Phi) is 7.37. The molecule has 0 aliphatic heterocycles. The van der Waals surface area contributed by atoms with Crippen LogP contribution in [0.4, 0.5) is 11.4 Å². The predicted octanol–water partition coefficient (Wildman–Crippen LogP) is 5.00. The lowest BCUT2D eigenvalue weighted by Crippen LogP contribution is -2.32. The fourth-order valence-corrected chi connectivity index (χ4v) is 2.68. The third kappa shape index (κ3) is 5.21. The molecule has 1 N–H and O–H groups in total. The third-order valence-corrected chi connectivity index (χ3v) is 4.35. The van der Waals surface area contributed by atoms with Crippen molar-refractivity contribution in [3.8, 4) is 11.5 Å². The van der Waals surface area contributed by atoms with Crippen LogP contribution in [0.5, 0.6) is 11.5 Å². The first-order chi connectivity index (χ1) is 13.3. The first-order valence-electron chi connectivity index (χ1n) is 8.16. The summed E-state index contributed by atoms with van der Waals surface area (Å²) in [7, 11) is 2.87. The van der Waals surface area contributed by atoms with Gasteiger partial charge in [-0.1, -0.05) is 29.3 Å². The maximum atomic E-state index is 12.6. The number of carbonyl (C=O) groups is 2. The standard InChI is InChI=1S/C19H19Cl2N3O4/c1-10-5-6-12(20)7-14(10)23-24-18(11(2)25)19(26)22-15-9-16(27-3)13(21)8-17(15)28-4/h5-9,18H,1-4H3,(H,22,26). The highest BCUT2D eigenvalue weighted by Crippen LogP contribution is 2.36.